The molecule has 0 amide bonds. The van der Waals surface area contributed by atoms with Crippen LogP contribution >= 0.6 is 23.2 Å². The molecule has 0 unspecified atom stereocenters. The van der Waals surface area contributed by atoms with Crippen molar-refractivity contribution in [2.75, 3.05) is 39.6 Å². The number of carbonyl (C=O) groups is 10. The maximum absolute atomic E-state index is 12.9. The van der Waals surface area contributed by atoms with Gasteiger partial charge in [-0.15, -0.1) is 23.2 Å². The van der Waals surface area contributed by atoms with E-state index < -0.39 is 59.7 Å². The molecule has 0 radical (unpaired) electrons. The smallest absolute Gasteiger partial charge is 0.343 e. The lowest BCUT2D eigenvalue weighted by Gasteiger charge is -2.11. The number of carbonyl (C=O) groups excluding carboxylic acids is 9. The molecule has 0 saturated heterocycles. The first-order chi connectivity index (χ1) is 53.1. The lowest BCUT2D eigenvalue weighted by Crippen LogP contribution is -2.11. The molecule has 9 aromatic carbocycles. The van der Waals surface area contributed by atoms with Gasteiger partial charge in [-0.25, -0.2) is 47.9 Å². The molecule has 0 fully saturated rings. The van der Waals surface area contributed by atoms with Crippen molar-refractivity contribution in [3.8, 4) is 40.2 Å². The van der Waals surface area contributed by atoms with Gasteiger partial charge in [-0.05, 0) is 205 Å². The Labute approximate surface area is 644 Å². The van der Waals surface area contributed by atoms with E-state index in [0.29, 0.717) is 124 Å². The van der Waals surface area contributed by atoms with Crippen LogP contribution in [0.15, 0.2) is 244 Å². The van der Waals surface area contributed by atoms with Crippen LogP contribution in [0, 0.1) is 13.8 Å². The fourth-order valence-corrected chi connectivity index (χ4v) is 9.51. The first-order valence-electron chi connectivity index (χ1n) is 33.9. The summed E-state index contributed by atoms with van der Waals surface area (Å²) in [5.41, 5.74) is 6.62. The van der Waals surface area contributed by atoms with Crippen molar-refractivity contribution in [3.05, 3.63) is 317 Å². The van der Waals surface area contributed by atoms with E-state index in [0.717, 1.165) is 29.4 Å². The largest absolute Gasteiger partial charge is 0.493 e. The Balaban J connectivity index is 0.000000291. The lowest BCUT2D eigenvalue weighted by molar-refractivity contribution is -0.138. The molecule has 0 saturated carbocycles. The quantitative estimate of drug-likeness (QED) is 0.00963. The van der Waals surface area contributed by atoms with Crippen LogP contribution < -0.4 is 33.2 Å². The number of halogens is 2. The molecule has 110 heavy (non-hydrogen) atoms. The molecule has 0 heterocycles. The minimum absolute atomic E-state index is 0.0233. The van der Waals surface area contributed by atoms with Crippen molar-refractivity contribution in [2.45, 2.75) is 58.1 Å². The number of hydrogen-bond acceptors (Lipinski definition) is 22. The van der Waals surface area contributed by atoms with E-state index >= 15 is 0 Å². The number of carboxylic acids is 1. The Hall–Kier alpha value is -13.1. The highest BCUT2D eigenvalue weighted by molar-refractivity contribution is 6.17. The van der Waals surface area contributed by atoms with Gasteiger partial charge < -0.3 is 61.9 Å². The standard InChI is InChI=1S/C49H44O14.C23H18Cl2O4.C13H14O5/c1-4-44(50)58-28-6-26-56-40-20-16-36(17-21-40)46(52)60-31-34-8-12-38(13-9-34)48(54)62-42-24-25-43(33(3)30-42)63-49(55)39-14-10-35(11-15-39)32-61-47(53)37-18-22-41(23-19-37)57-27-7-29-59-45(51)5-2;1-15-12-20(28-22(26)18-6-2-16(13-24)3-7-18)10-11-21(15)29-23(27)19-8-4-17(14-25)5-9-19;1-2-12(14)18-9-3-8-17-11-6-4-10(5-7-11)13(15)16/h4-5,8-25,30H,1-2,6-7,26-29,31-32H2,3H3;2-12H,13-14H2,1H3;2,4-7H,1,3,8-9H2,(H,15,16). The first kappa shape index (κ1) is 84.1. The summed E-state index contributed by atoms with van der Waals surface area (Å²) in [6.07, 6.45) is 4.84. The van der Waals surface area contributed by atoms with Crippen molar-refractivity contribution in [1.29, 1.82) is 0 Å². The molecule has 0 aliphatic heterocycles. The van der Waals surface area contributed by atoms with Crippen LogP contribution in [0.2, 0.25) is 0 Å². The van der Waals surface area contributed by atoms with E-state index in [1.54, 1.807) is 196 Å². The maximum atomic E-state index is 12.9. The lowest BCUT2D eigenvalue weighted by atomic mass is 10.1. The van der Waals surface area contributed by atoms with Crippen LogP contribution in [-0.4, -0.2) is 104 Å². The fraction of sp³-hybridized carbons (Fsp3) is 0.176. The van der Waals surface area contributed by atoms with Crippen molar-refractivity contribution in [2.24, 2.45) is 0 Å². The minimum Gasteiger partial charge on any atom is -0.493 e. The Morgan fingerprint density at radius 3 is 0.836 bits per heavy atom. The van der Waals surface area contributed by atoms with Gasteiger partial charge in [-0.1, -0.05) is 68.3 Å². The van der Waals surface area contributed by atoms with Gasteiger partial charge in [0.15, 0.2) is 0 Å². The first-order valence-corrected chi connectivity index (χ1v) is 34.9. The number of esters is 9. The highest BCUT2D eigenvalue weighted by Crippen LogP contribution is 2.28. The van der Waals surface area contributed by atoms with Gasteiger partial charge in [0.25, 0.3) is 0 Å². The van der Waals surface area contributed by atoms with Crippen molar-refractivity contribution in [1.82, 2.24) is 0 Å². The summed E-state index contributed by atoms with van der Waals surface area (Å²) in [5.74, 6) is -1.97. The molecule has 9 rings (SSSR count). The van der Waals surface area contributed by atoms with Crippen LogP contribution in [0.3, 0.4) is 0 Å². The average molecular weight is 1540 g/mol. The molecule has 0 spiro atoms. The topological polar surface area (TPSA) is 302 Å². The summed E-state index contributed by atoms with van der Waals surface area (Å²) in [6, 6.07) is 55.0. The molecule has 23 nitrogen and oxygen atoms in total. The summed E-state index contributed by atoms with van der Waals surface area (Å²) >= 11 is 11.5. The highest BCUT2D eigenvalue weighted by Gasteiger charge is 2.18. The molecule has 25 heteroatoms. The zero-order valence-electron chi connectivity index (χ0n) is 59.9. The molecular weight excluding hydrogens is 1460 g/mol. The molecule has 0 aliphatic carbocycles. The van der Waals surface area contributed by atoms with Crippen molar-refractivity contribution in [3.63, 3.8) is 0 Å². The summed E-state index contributed by atoms with van der Waals surface area (Å²) in [5, 5.41) is 8.70. The third-order valence-electron chi connectivity index (χ3n) is 15.1. The number of aryl methyl sites for hydroxylation is 2. The predicted molar refractivity (Wildman–Crippen MR) is 405 cm³/mol. The molecule has 0 aromatic heterocycles. The van der Waals surface area contributed by atoms with Gasteiger partial charge in [-0.2, -0.15) is 0 Å². The number of hydrogen-bond donors (Lipinski definition) is 1. The Morgan fingerprint density at radius 1 is 0.309 bits per heavy atom. The molecule has 9 aromatic rings. The second kappa shape index (κ2) is 44.8. The fourth-order valence-electron chi connectivity index (χ4n) is 9.16. The highest BCUT2D eigenvalue weighted by atomic mass is 35.5. The zero-order chi connectivity index (χ0) is 79.2. The van der Waals surface area contributed by atoms with Crippen molar-refractivity contribution < 1.29 is 110 Å². The second-order valence-electron chi connectivity index (χ2n) is 23.2. The molecule has 0 bridgehead atoms. The van der Waals surface area contributed by atoms with E-state index in [9.17, 15) is 47.9 Å². The predicted octanol–water partition coefficient (Wildman–Crippen LogP) is 15.9. The number of aromatic carboxylic acids is 1. The molecule has 0 aliphatic rings. The van der Waals surface area contributed by atoms with Gasteiger partial charge >= 0.3 is 59.7 Å². The molecular formula is C85H76Cl2O23. The normalized spacial score (nSPS) is 10.3. The van der Waals surface area contributed by atoms with Gasteiger partial charge in [0.05, 0.1) is 78.6 Å². The number of benzene rings is 9. The van der Waals surface area contributed by atoms with Crippen LogP contribution in [0.1, 0.15) is 125 Å². The van der Waals surface area contributed by atoms with Crippen LogP contribution in [0.4, 0.5) is 0 Å². The van der Waals surface area contributed by atoms with E-state index in [-0.39, 0.29) is 61.2 Å². The minimum atomic E-state index is -0.974. The summed E-state index contributed by atoms with van der Waals surface area (Å²) < 4.78 is 63.9. The summed E-state index contributed by atoms with van der Waals surface area (Å²) in [6.45, 7) is 15.1. The number of carboxylic acid groups (broad SMARTS) is 1. The van der Waals surface area contributed by atoms with E-state index in [2.05, 4.69) is 19.7 Å². The van der Waals surface area contributed by atoms with E-state index in [1.807, 2.05) is 0 Å². The van der Waals surface area contributed by atoms with Gasteiger partial charge in [0.2, 0.25) is 0 Å². The zero-order valence-corrected chi connectivity index (χ0v) is 61.4. The van der Waals surface area contributed by atoms with E-state index in [1.165, 1.54) is 24.3 Å². The second-order valence-corrected chi connectivity index (χ2v) is 23.8. The van der Waals surface area contributed by atoms with Crippen molar-refractivity contribution >= 4 is 82.9 Å². The van der Waals surface area contributed by atoms with Gasteiger partial charge in [-0.3, -0.25) is 0 Å². The van der Waals surface area contributed by atoms with E-state index in [4.69, 9.17) is 85.2 Å². The van der Waals surface area contributed by atoms with Crippen LogP contribution in [0.5, 0.6) is 40.2 Å². The summed E-state index contributed by atoms with van der Waals surface area (Å²) in [7, 11) is 0. The number of alkyl halides is 2. The average Bonchev–Trinajstić information content (AvgIpc) is 0.846. The Kier molecular flexibility index (Phi) is 34.2. The number of rotatable bonds is 35. The Bertz CT molecular complexity index is 4630. The summed E-state index contributed by atoms with van der Waals surface area (Å²) in [4.78, 5) is 119. The molecule has 568 valence electrons. The molecule has 1 N–H and O–H groups in total. The van der Waals surface area contributed by atoms with Crippen LogP contribution in [0.25, 0.3) is 0 Å². The maximum Gasteiger partial charge on any atom is 0.343 e. The Morgan fingerprint density at radius 2 is 0.564 bits per heavy atom. The molecule has 0 atom stereocenters. The third-order valence-corrected chi connectivity index (χ3v) is 15.7. The SMILES string of the molecule is C=CC(=O)OCCCOc1ccc(C(=O)O)cc1.C=CC(=O)OCCCOc1ccc(C(=O)OCc2ccc(C(=O)Oc3ccc(OC(=O)c4ccc(COC(=O)c5ccc(OCCCOC(=O)C=C)cc5)cc4)c(C)c3)cc2)cc1.Cc1cc(OC(=O)c2ccc(CCl)cc2)ccc1OC(=O)c1ccc(CCl)cc1. The number of ether oxygens (including phenoxy) is 12. The van der Waals surface area contributed by atoms with Gasteiger partial charge in [0.1, 0.15) is 53.5 Å². The third kappa shape index (κ3) is 28.6. The van der Waals surface area contributed by atoms with Gasteiger partial charge in [0, 0.05) is 49.3 Å². The van der Waals surface area contributed by atoms with Crippen LogP contribution in [-0.2, 0) is 63.0 Å². The monoisotopic (exact) mass is 1530 g/mol.